The van der Waals surface area contributed by atoms with Crippen LogP contribution in [0.2, 0.25) is 18.1 Å². The summed E-state index contributed by atoms with van der Waals surface area (Å²) in [5.41, 5.74) is 9.65. The maximum Gasteiger partial charge on any atom is 0.412 e. The van der Waals surface area contributed by atoms with E-state index in [1.807, 2.05) is 20.8 Å². The predicted molar refractivity (Wildman–Crippen MR) is 423 cm³/mol. The van der Waals surface area contributed by atoms with Crippen LogP contribution in [0.25, 0.3) is 0 Å². The normalized spacial score (nSPS) is 16.1. The number of urea groups is 1. The third kappa shape index (κ3) is 23.0. The molecule has 1 aliphatic carbocycles. The van der Waals surface area contributed by atoms with Gasteiger partial charge in [-0.1, -0.05) is 96.5 Å². The molecule has 0 saturated carbocycles. The van der Waals surface area contributed by atoms with Gasteiger partial charge in [0, 0.05) is 94.3 Å². The standard InChI is InChI=1S/C83H109N9O19Si/c1-15-56-35-51(4)45-91(56)78(100)61-41-69(105-11)71(43-65(61)88-82(104)110-48-57-39-63-75(89(57)10)68(95)37-53(6)76(63)98)107-33-20-17-21-34-108-72-44-66(62(42-70(72)106-12)79(101)92-46-52(5)36-58(92)49-111-112(13,14)83(7,8)9)87-81(103)109-47-55-27-25-54(26-28-55)38-67(94)64(24-22-31-85-80(84)102)86-77(99)60(50(2)3)40-59(93)23-18-16-19-32-90-73(96)29-30-74(90)97/h25-30,37,39,41-44,50,56,58,60,64H,4-5,15-24,31-36,38,40,45-49H2,1-3,6-14H3,(H,86,99)(H,87,103)(H,88,104)(H3,84,85,102)/t56-,58+,60+,64+/m1/s1. The van der Waals surface area contributed by atoms with Gasteiger partial charge in [-0.2, -0.15) is 0 Å². The van der Waals surface area contributed by atoms with E-state index in [-0.39, 0.29) is 199 Å². The van der Waals surface area contributed by atoms with Crippen LogP contribution in [0, 0.1) is 11.8 Å². The number of likely N-dealkylation sites (tertiary alicyclic amines) is 2. The quantitative estimate of drug-likeness (QED) is 0.0119. The molecule has 604 valence electrons. The van der Waals surface area contributed by atoms with Crippen molar-refractivity contribution in [3.8, 4) is 23.0 Å². The highest BCUT2D eigenvalue weighted by atomic mass is 28.4. The van der Waals surface area contributed by atoms with Crippen LogP contribution >= 0.6 is 0 Å². The molecule has 2 saturated heterocycles. The summed E-state index contributed by atoms with van der Waals surface area (Å²) in [6.45, 7) is 27.3. The lowest BCUT2D eigenvalue weighted by Crippen LogP contribution is -2.46. The fourth-order valence-corrected chi connectivity index (χ4v) is 14.6. The molecule has 4 atom stereocenters. The maximum atomic E-state index is 15.0. The second-order valence-corrected chi connectivity index (χ2v) is 35.6. The van der Waals surface area contributed by atoms with Gasteiger partial charge in [-0.3, -0.25) is 58.7 Å². The smallest absolute Gasteiger partial charge is 0.412 e. The minimum atomic E-state index is -2.26. The fraction of sp³-hybridized carbons (Fsp3) is 0.494. The number of fused-ring (bicyclic) bond motifs is 1. The lowest BCUT2D eigenvalue weighted by atomic mass is 9.88. The Kier molecular flexibility index (Phi) is 30.6. The van der Waals surface area contributed by atoms with Crippen LogP contribution in [0.15, 0.2) is 103 Å². The van der Waals surface area contributed by atoms with E-state index in [0.29, 0.717) is 93.1 Å². The van der Waals surface area contributed by atoms with Crippen molar-refractivity contribution in [3.05, 3.63) is 142 Å². The third-order valence-corrected chi connectivity index (χ3v) is 25.6. The van der Waals surface area contributed by atoms with E-state index in [4.69, 9.17) is 38.6 Å². The number of rotatable bonds is 40. The van der Waals surface area contributed by atoms with Crippen molar-refractivity contribution < 1.29 is 90.4 Å². The molecule has 29 heteroatoms. The van der Waals surface area contributed by atoms with Gasteiger partial charge in [0.1, 0.15) is 24.7 Å². The monoisotopic (exact) mass is 1560 g/mol. The number of anilines is 2. The molecule has 4 heterocycles. The van der Waals surface area contributed by atoms with E-state index >= 15 is 0 Å². The molecule has 0 bridgehead atoms. The second kappa shape index (κ2) is 39.5. The number of carbonyl (C=O) groups excluding carboxylic acids is 12. The van der Waals surface area contributed by atoms with Crippen LogP contribution in [-0.2, 0) is 64.6 Å². The second-order valence-electron chi connectivity index (χ2n) is 30.8. The van der Waals surface area contributed by atoms with Crippen LogP contribution in [0.5, 0.6) is 23.0 Å². The molecule has 0 unspecified atom stereocenters. The molecule has 0 spiro atoms. The number of nitrogens with one attached hydrogen (secondary N) is 4. The number of aromatic nitrogens is 1. The number of Topliss-reactive ketones (excluding diaryl/α,β-unsaturated/α-hetero) is 3. The van der Waals surface area contributed by atoms with Gasteiger partial charge in [-0.05, 0) is 131 Å². The summed E-state index contributed by atoms with van der Waals surface area (Å²) in [5, 5.41) is 10.8. The first-order chi connectivity index (χ1) is 53.1. The molecule has 0 radical (unpaired) electrons. The third-order valence-electron chi connectivity index (χ3n) is 21.1. The van der Waals surface area contributed by atoms with Gasteiger partial charge in [0.2, 0.25) is 11.7 Å². The molecule has 1 aromatic heterocycles. The summed E-state index contributed by atoms with van der Waals surface area (Å²) in [5.74, 6) is -3.18. The molecule has 4 aromatic rings. The number of benzene rings is 3. The average Bonchev–Trinajstić information content (AvgIpc) is 1.59. The minimum absolute atomic E-state index is 0.0504. The fourth-order valence-electron chi connectivity index (χ4n) is 13.5. The molecule has 4 aliphatic rings. The molecule has 3 aromatic carbocycles. The topological polar surface area (TPSA) is 358 Å². The van der Waals surface area contributed by atoms with Crippen molar-refractivity contribution in [2.75, 3.05) is 70.9 Å². The zero-order chi connectivity index (χ0) is 81.9. The number of nitrogens with two attached hydrogens (primary N) is 1. The van der Waals surface area contributed by atoms with E-state index in [9.17, 15) is 57.5 Å². The van der Waals surface area contributed by atoms with Gasteiger partial charge in [0.15, 0.2) is 42.9 Å². The van der Waals surface area contributed by atoms with Crippen molar-refractivity contribution in [2.24, 2.45) is 24.6 Å². The van der Waals surface area contributed by atoms with E-state index in [0.717, 1.165) is 16.0 Å². The van der Waals surface area contributed by atoms with Crippen molar-refractivity contribution in [2.45, 2.75) is 188 Å². The maximum absolute atomic E-state index is 15.0. The molecule has 3 aliphatic heterocycles. The van der Waals surface area contributed by atoms with Crippen LogP contribution in [-0.4, -0.2) is 177 Å². The highest BCUT2D eigenvalue weighted by molar-refractivity contribution is 6.74. The predicted octanol–water partition coefficient (Wildman–Crippen LogP) is 12.2. The number of primary amides is 1. The number of ether oxygens (including phenoxy) is 6. The van der Waals surface area contributed by atoms with Gasteiger partial charge >= 0.3 is 18.2 Å². The van der Waals surface area contributed by atoms with Gasteiger partial charge in [-0.25, -0.2) is 14.4 Å². The zero-order valence-electron chi connectivity index (χ0n) is 66.6. The zero-order valence-corrected chi connectivity index (χ0v) is 67.6. The minimum Gasteiger partial charge on any atom is -0.493 e. The van der Waals surface area contributed by atoms with Crippen molar-refractivity contribution in [3.63, 3.8) is 0 Å². The Balaban J connectivity index is 0.915. The van der Waals surface area contributed by atoms with Crippen molar-refractivity contribution in [1.29, 1.82) is 0 Å². The van der Waals surface area contributed by atoms with Crippen LogP contribution in [0.4, 0.5) is 25.8 Å². The van der Waals surface area contributed by atoms with Gasteiger partial charge in [0.25, 0.3) is 23.6 Å². The number of methoxy groups -OCH3 is 2. The van der Waals surface area contributed by atoms with Gasteiger partial charge < -0.3 is 63.6 Å². The lowest BCUT2D eigenvalue weighted by molar-refractivity contribution is -0.137. The first kappa shape index (κ1) is 86.9. The van der Waals surface area contributed by atoms with E-state index < -0.39 is 50.3 Å². The number of unbranched alkanes of at least 4 members (excludes halogenated alkanes) is 4. The Hall–Kier alpha value is -10.7. The van der Waals surface area contributed by atoms with Crippen LogP contribution in [0.3, 0.4) is 0 Å². The largest absolute Gasteiger partial charge is 0.493 e. The van der Waals surface area contributed by atoms with Crippen LogP contribution in [0.1, 0.15) is 190 Å². The molecule has 2 fully saturated rings. The Labute approximate surface area is 656 Å². The summed E-state index contributed by atoms with van der Waals surface area (Å²) in [7, 11) is 2.23. The highest BCUT2D eigenvalue weighted by Gasteiger charge is 2.41. The summed E-state index contributed by atoms with van der Waals surface area (Å²) in [6, 6.07) is 12.1. The van der Waals surface area contributed by atoms with Gasteiger partial charge in [-0.15, -0.1) is 0 Å². The number of amides is 9. The van der Waals surface area contributed by atoms with E-state index in [1.54, 1.807) is 48.0 Å². The Morgan fingerprint density at radius 1 is 0.696 bits per heavy atom. The molecular weight excluding hydrogens is 1460 g/mol. The molecule has 6 N–H and O–H groups in total. The molecule has 9 amide bonds. The van der Waals surface area contributed by atoms with Gasteiger partial charge in [0.05, 0.1) is 79.9 Å². The number of allylic oxidation sites excluding steroid dienone is 2. The lowest BCUT2D eigenvalue weighted by Gasteiger charge is -2.38. The van der Waals surface area contributed by atoms with Crippen molar-refractivity contribution >= 4 is 90.6 Å². The summed E-state index contributed by atoms with van der Waals surface area (Å²) >= 11 is 0. The van der Waals surface area contributed by atoms with Crippen LogP contribution < -0.4 is 45.9 Å². The Morgan fingerprint density at radius 3 is 1.79 bits per heavy atom. The number of ketones is 4. The Morgan fingerprint density at radius 2 is 1.24 bits per heavy atom. The molecular formula is C83H109N9O19Si. The highest BCUT2D eigenvalue weighted by Crippen LogP contribution is 2.41. The number of nitrogens with zero attached hydrogens (tertiary/aromatic N) is 4. The number of imide groups is 1. The molecule has 28 nitrogen and oxygen atoms in total. The molecule has 112 heavy (non-hydrogen) atoms. The SMILES string of the molecule is C=C1C[C@@H](CC)N(C(=O)c2cc(OC)c(OCCCCCOc3cc(NC(=O)OCc4ccc(CC(=O)[C@H](CCCNC(N)=O)NC(=O)[C@@H](CC(=O)CCCCCN5C(=O)C=CC5=O)C(C)C)cc4)c(C(=O)N4CC(=C)C[C@H]4CO[Si](C)(C)C(C)(C)C)cc3OC)cc2NC(=O)OCc2cc3c(n2C)C(=O)C=C(C)C3=O)C1. The summed E-state index contributed by atoms with van der Waals surface area (Å²) in [4.78, 5) is 164. The number of hydrogen-bond donors (Lipinski definition) is 5. The molecule has 8 rings (SSSR count). The van der Waals surface area contributed by atoms with E-state index in [2.05, 4.69) is 68.3 Å². The number of carbonyl (C=O) groups is 12. The summed E-state index contributed by atoms with van der Waals surface area (Å²) < 4.78 is 43.8. The Bertz CT molecular complexity index is 4280. The number of hydrogen-bond acceptors (Lipinski definition) is 19. The van der Waals surface area contributed by atoms with E-state index in [1.165, 1.54) is 67.3 Å². The first-order valence-corrected chi connectivity index (χ1v) is 41.1. The average molecular weight is 1560 g/mol. The van der Waals surface area contributed by atoms with Crippen molar-refractivity contribution in [1.82, 2.24) is 29.9 Å². The summed E-state index contributed by atoms with van der Waals surface area (Å²) in [6.07, 6.45) is 7.44. The first-order valence-electron chi connectivity index (χ1n) is 38.2.